The number of para-hydroxylation sites is 1. The van der Waals surface area contributed by atoms with E-state index >= 15 is 0 Å². The number of halogens is 1. The molecule has 0 aromatic heterocycles. The van der Waals surface area contributed by atoms with E-state index in [1.165, 1.54) is 21.6 Å². The molecule has 0 aliphatic carbocycles. The van der Waals surface area contributed by atoms with Gasteiger partial charge in [0.2, 0.25) is 5.91 Å². The van der Waals surface area contributed by atoms with E-state index in [4.69, 9.17) is 11.6 Å². The summed E-state index contributed by atoms with van der Waals surface area (Å²) >= 11 is 7.84. The van der Waals surface area contributed by atoms with Crippen LogP contribution in [-0.2, 0) is 14.4 Å². The number of carbonyl (C=O) groups is 3. The van der Waals surface area contributed by atoms with Crippen LogP contribution in [0, 0.1) is 11.8 Å². The van der Waals surface area contributed by atoms with Gasteiger partial charge in [0.05, 0.1) is 39.9 Å². The molecule has 166 valence electrons. The van der Waals surface area contributed by atoms with Crippen molar-refractivity contribution >= 4 is 46.8 Å². The fourth-order valence-electron chi connectivity index (χ4n) is 5.47. The molecular formula is C22H25ClN2O5S. The molecule has 2 bridgehead atoms. The minimum atomic E-state index is -1.00. The number of aliphatic carboxylic acids is 1. The van der Waals surface area contributed by atoms with Crippen LogP contribution in [0.3, 0.4) is 0 Å². The minimum absolute atomic E-state index is 0.186. The molecule has 1 spiro atoms. The van der Waals surface area contributed by atoms with Gasteiger partial charge in [-0.15, -0.1) is 18.3 Å². The molecule has 3 fully saturated rings. The Morgan fingerprint density at radius 3 is 2.77 bits per heavy atom. The molecule has 0 radical (unpaired) electrons. The number of hydrogen-bond donors (Lipinski definition) is 2. The SMILES string of the molecule is C=CCN(C(=O)C1N([C@H](C)CO)C(=O)[C@@H]2[C@@H](C(=O)O)[C@H]3CCC12S3)c1ccccc1Cl. The Morgan fingerprint density at radius 1 is 1.45 bits per heavy atom. The molecule has 9 heteroatoms. The summed E-state index contributed by atoms with van der Waals surface area (Å²) in [7, 11) is 0. The number of fused-ring (bicyclic) bond motifs is 1. The first-order valence-corrected chi connectivity index (χ1v) is 11.5. The van der Waals surface area contributed by atoms with Crippen molar-refractivity contribution in [3.05, 3.63) is 41.9 Å². The molecule has 4 rings (SSSR count). The second kappa shape index (κ2) is 8.15. The van der Waals surface area contributed by atoms with Crippen molar-refractivity contribution in [2.24, 2.45) is 11.8 Å². The average molecular weight is 465 g/mol. The van der Waals surface area contributed by atoms with E-state index in [9.17, 15) is 24.6 Å². The van der Waals surface area contributed by atoms with Crippen molar-refractivity contribution < 1.29 is 24.6 Å². The third-order valence-corrected chi connectivity index (χ3v) is 8.99. The molecule has 2 N–H and O–H groups in total. The maximum Gasteiger partial charge on any atom is 0.308 e. The van der Waals surface area contributed by atoms with Crippen LogP contribution in [0.2, 0.25) is 5.02 Å². The number of benzene rings is 1. The van der Waals surface area contributed by atoms with Crippen LogP contribution in [0.4, 0.5) is 5.69 Å². The normalized spacial score (nSPS) is 32.1. The number of rotatable bonds is 7. The number of hydrogen-bond acceptors (Lipinski definition) is 5. The number of anilines is 1. The fourth-order valence-corrected chi connectivity index (χ4v) is 7.90. The van der Waals surface area contributed by atoms with E-state index in [0.717, 1.165) is 0 Å². The molecule has 7 nitrogen and oxygen atoms in total. The zero-order valence-corrected chi connectivity index (χ0v) is 18.7. The van der Waals surface area contributed by atoms with Gasteiger partial charge in [-0.2, -0.15) is 0 Å². The Labute approximate surface area is 190 Å². The van der Waals surface area contributed by atoms with Crippen molar-refractivity contribution in [1.29, 1.82) is 0 Å². The van der Waals surface area contributed by atoms with Gasteiger partial charge in [-0.05, 0) is 31.9 Å². The summed E-state index contributed by atoms with van der Waals surface area (Å²) in [4.78, 5) is 42.5. The lowest BCUT2D eigenvalue weighted by atomic mass is 9.71. The number of thioether (sulfide) groups is 1. The number of aliphatic hydroxyl groups is 1. The lowest BCUT2D eigenvalue weighted by Gasteiger charge is -2.39. The lowest BCUT2D eigenvalue weighted by molar-refractivity contribution is -0.149. The molecule has 3 aliphatic heterocycles. The quantitative estimate of drug-likeness (QED) is 0.601. The molecule has 1 aromatic rings. The third kappa shape index (κ3) is 3.18. The van der Waals surface area contributed by atoms with E-state index in [1.54, 1.807) is 37.3 Å². The molecule has 0 saturated carbocycles. The number of aliphatic hydroxyl groups excluding tert-OH is 1. The lowest BCUT2D eigenvalue weighted by Crippen LogP contribution is -2.57. The Hall–Kier alpha value is -2.03. The van der Waals surface area contributed by atoms with Crippen molar-refractivity contribution in [2.75, 3.05) is 18.1 Å². The molecule has 6 atom stereocenters. The van der Waals surface area contributed by atoms with Gasteiger partial charge in [-0.1, -0.05) is 29.8 Å². The summed E-state index contributed by atoms with van der Waals surface area (Å²) < 4.78 is -0.827. The monoisotopic (exact) mass is 464 g/mol. The molecule has 1 aromatic carbocycles. The minimum Gasteiger partial charge on any atom is -0.481 e. The Kier molecular flexibility index (Phi) is 5.83. The number of carboxylic acid groups (broad SMARTS) is 1. The van der Waals surface area contributed by atoms with Crippen molar-refractivity contribution in [3.63, 3.8) is 0 Å². The van der Waals surface area contributed by atoms with Gasteiger partial charge in [0.15, 0.2) is 0 Å². The van der Waals surface area contributed by atoms with Gasteiger partial charge >= 0.3 is 5.97 Å². The molecule has 3 heterocycles. The number of nitrogens with zero attached hydrogens (tertiary/aromatic N) is 2. The molecular weight excluding hydrogens is 440 g/mol. The smallest absolute Gasteiger partial charge is 0.308 e. The number of carboxylic acids is 1. The van der Waals surface area contributed by atoms with Gasteiger partial charge in [0, 0.05) is 11.8 Å². The summed E-state index contributed by atoms with van der Waals surface area (Å²) in [6.07, 6.45) is 2.81. The highest BCUT2D eigenvalue weighted by Gasteiger charge is 2.74. The van der Waals surface area contributed by atoms with Crippen molar-refractivity contribution in [3.8, 4) is 0 Å². The first-order chi connectivity index (χ1) is 14.8. The zero-order valence-electron chi connectivity index (χ0n) is 17.1. The topological polar surface area (TPSA) is 98.2 Å². The molecule has 3 aliphatic rings. The Morgan fingerprint density at radius 2 is 2.16 bits per heavy atom. The summed E-state index contributed by atoms with van der Waals surface area (Å²) in [6, 6.07) is 5.45. The van der Waals surface area contributed by atoms with Gasteiger partial charge in [0.1, 0.15) is 6.04 Å². The third-order valence-electron chi connectivity index (χ3n) is 6.72. The number of amides is 2. The number of carbonyl (C=O) groups excluding carboxylic acids is 2. The summed E-state index contributed by atoms with van der Waals surface area (Å²) in [6.45, 7) is 5.30. The highest BCUT2D eigenvalue weighted by molar-refractivity contribution is 8.02. The number of likely N-dealkylation sites (tertiary alicyclic amines) is 1. The Balaban J connectivity index is 1.83. The van der Waals surface area contributed by atoms with Crippen LogP contribution < -0.4 is 4.90 Å². The van der Waals surface area contributed by atoms with E-state index in [-0.39, 0.29) is 30.2 Å². The molecule has 3 saturated heterocycles. The molecule has 2 amide bonds. The fraction of sp³-hybridized carbons (Fsp3) is 0.500. The van der Waals surface area contributed by atoms with Crippen LogP contribution in [-0.4, -0.2) is 68.1 Å². The molecule has 31 heavy (non-hydrogen) atoms. The van der Waals surface area contributed by atoms with Crippen molar-refractivity contribution in [1.82, 2.24) is 4.90 Å². The van der Waals surface area contributed by atoms with E-state index < -0.39 is 34.6 Å². The second-order valence-corrected chi connectivity index (χ2v) is 10.4. The second-order valence-electron chi connectivity index (χ2n) is 8.36. The largest absolute Gasteiger partial charge is 0.481 e. The summed E-state index contributed by atoms with van der Waals surface area (Å²) in [5, 5.41) is 19.9. The van der Waals surface area contributed by atoms with Crippen LogP contribution >= 0.6 is 23.4 Å². The highest BCUT2D eigenvalue weighted by atomic mass is 35.5. The summed E-state index contributed by atoms with van der Waals surface area (Å²) in [5.74, 6) is -3.31. The standard InChI is InChI=1S/C22H25ClN2O5S/c1-3-10-24(14-7-5-4-6-13(14)23)20(28)18-22-9-8-15(31-22)16(21(29)30)17(22)19(27)25(18)12(2)11-26/h3-7,12,15-18,26H,1,8-11H2,2H3,(H,29,30)/t12-,15-,16+,17+,18?,22?/m1/s1. The van der Waals surface area contributed by atoms with Gasteiger partial charge < -0.3 is 20.0 Å². The highest BCUT2D eigenvalue weighted by Crippen LogP contribution is 2.66. The van der Waals surface area contributed by atoms with Crippen molar-refractivity contribution in [2.45, 2.75) is 41.8 Å². The van der Waals surface area contributed by atoms with Gasteiger partial charge in [-0.25, -0.2) is 0 Å². The van der Waals surface area contributed by atoms with E-state index in [1.807, 2.05) is 0 Å². The maximum atomic E-state index is 14.0. The van der Waals surface area contributed by atoms with Crippen LogP contribution in [0.15, 0.2) is 36.9 Å². The van der Waals surface area contributed by atoms with Gasteiger partial charge in [0.25, 0.3) is 5.91 Å². The molecule has 2 unspecified atom stereocenters. The van der Waals surface area contributed by atoms with Crippen LogP contribution in [0.5, 0.6) is 0 Å². The predicted molar refractivity (Wildman–Crippen MR) is 119 cm³/mol. The maximum absolute atomic E-state index is 14.0. The van der Waals surface area contributed by atoms with Gasteiger partial charge in [-0.3, -0.25) is 14.4 Å². The zero-order chi connectivity index (χ0) is 22.5. The predicted octanol–water partition coefficient (Wildman–Crippen LogP) is 2.42. The van der Waals surface area contributed by atoms with Crippen LogP contribution in [0.25, 0.3) is 0 Å². The first kappa shape index (κ1) is 22.2. The first-order valence-electron chi connectivity index (χ1n) is 10.3. The van der Waals surface area contributed by atoms with E-state index in [2.05, 4.69) is 6.58 Å². The van der Waals surface area contributed by atoms with Crippen LogP contribution in [0.1, 0.15) is 19.8 Å². The van der Waals surface area contributed by atoms with E-state index in [0.29, 0.717) is 23.6 Å². The average Bonchev–Trinajstić information content (AvgIpc) is 3.39. The summed E-state index contributed by atoms with van der Waals surface area (Å²) in [5.41, 5.74) is 0.505. The Bertz CT molecular complexity index is 942.